The maximum Gasteiger partial charge on any atom is 0.374 e. The first kappa shape index (κ1) is 51.2. The van der Waals surface area contributed by atoms with Crippen molar-refractivity contribution >= 4 is 15.2 Å². The Morgan fingerprint density at radius 3 is 0.961 bits per heavy atom. The molecule has 8 nitrogen and oxygen atoms in total. The van der Waals surface area contributed by atoms with Crippen LogP contribution < -0.4 is 0 Å². The quantitative estimate of drug-likeness (QED) is 0.0485. The minimum absolute atomic E-state index is 0.0792. The number of hydrogen-bond donors (Lipinski definition) is 1. The molecule has 308 valence electrons. The zero-order valence-electron chi connectivity index (χ0n) is 34.8. The molecule has 51 heavy (non-hydrogen) atoms. The molecule has 0 saturated carbocycles. The van der Waals surface area contributed by atoms with Gasteiger partial charge in [-0.15, -0.1) is 0 Å². The van der Waals surface area contributed by atoms with Crippen molar-refractivity contribution in [1.82, 2.24) is 4.90 Å². The van der Waals surface area contributed by atoms with Crippen molar-refractivity contribution in [3.63, 3.8) is 0 Å². The Hall–Kier alpha value is 0.220. The van der Waals surface area contributed by atoms with Gasteiger partial charge < -0.3 is 28.1 Å². The third-order valence-corrected chi connectivity index (χ3v) is 15.6. The lowest BCUT2D eigenvalue weighted by Crippen LogP contribution is -2.37. The van der Waals surface area contributed by atoms with Crippen LogP contribution in [0.1, 0.15) is 214 Å². The van der Waals surface area contributed by atoms with E-state index < -0.39 is 20.3 Å². The number of nitrogens with zero attached hydrogens (tertiary/aromatic N) is 1. The topological polar surface area (TPSA) is 94.5 Å². The molecule has 0 aliphatic rings. The van der Waals surface area contributed by atoms with E-state index in [0.29, 0.717) is 32.2 Å². The predicted octanol–water partition coefficient (Wildman–Crippen LogP) is 14.0. The van der Waals surface area contributed by atoms with Gasteiger partial charge in [-0.1, -0.05) is 176 Å². The number of rotatable bonds is 41. The van der Waals surface area contributed by atoms with Crippen molar-refractivity contribution in [1.29, 1.82) is 0 Å². The summed E-state index contributed by atoms with van der Waals surface area (Å²) in [6, 6.07) is 0. The minimum Gasteiger partial charge on any atom is -0.367 e. The van der Waals surface area contributed by atoms with E-state index in [9.17, 15) is 5.11 Å². The fourth-order valence-electron chi connectivity index (χ4n) is 6.26. The number of aliphatic hydroxyl groups is 1. The normalized spacial score (nSPS) is 12.8. The zero-order chi connectivity index (χ0) is 37.9. The summed E-state index contributed by atoms with van der Waals surface area (Å²) < 4.78 is 55.2. The summed E-state index contributed by atoms with van der Waals surface area (Å²) in [7, 11) is -6.80. The molecule has 0 spiro atoms. The fourth-order valence-corrected chi connectivity index (χ4v) is 11.4. The summed E-state index contributed by atoms with van der Waals surface area (Å²) in [6.07, 6.45) is 28.1. The summed E-state index contributed by atoms with van der Waals surface area (Å²) >= 11 is 0. The molecule has 0 aromatic carbocycles. The highest BCUT2D eigenvalue weighted by molar-refractivity contribution is 7.73. The van der Waals surface area contributed by atoms with Crippen molar-refractivity contribution in [2.24, 2.45) is 0 Å². The van der Waals surface area contributed by atoms with Crippen LogP contribution in [0.15, 0.2) is 0 Å². The average molecular weight is 768 g/mol. The van der Waals surface area contributed by atoms with Gasteiger partial charge in [0.1, 0.15) is 0 Å². The molecule has 0 radical (unpaired) electrons. The van der Waals surface area contributed by atoms with Crippen LogP contribution in [0.5, 0.6) is 0 Å². The highest BCUT2D eigenvalue weighted by atomic mass is 31.2. The zero-order valence-corrected chi connectivity index (χ0v) is 36.6. The van der Waals surface area contributed by atoms with Crippen molar-refractivity contribution < 1.29 is 32.3 Å². The smallest absolute Gasteiger partial charge is 0.367 e. The molecule has 0 aromatic rings. The number of unbranched alkanes of at least 4 members (excludes halogenated alkanes) is 22. The Kier molecular flexibility index (Phi) is 34.8. The Morgan fingerprint density at radius 2 is 0.667 bits per heavy atom. The van der Waals surface area contributed by atoms with Gasteiger partial charge in [0.05, 0.1) is 26.4 Å². The standard InChI is InChI=1S/C41H87NO7P2/c1-7-12-17-21-25-30-37-46-50(44,47-38-31-26-22-18-13-8-2)41(43,34-36-42(6)35-29-16-11-5)51(45,48-39-32-27-23-19-14-9-3)49-40-33-28-24-20-15-10-4/h43H,7-40H2,1-6H3. The molecule has 0 fully saturated rings. The van der Waals surface area contributed by atoms with Crippen LogP contribution in [-0.4, -0.2) is 61.7 Å². The van der Waals surface area contributed by atoms with Crippen LogP contribution in [0.3, 0.4) is 0 Å². The fraction of sp³-hybridized carbons (Fsp3) is 1.00. The van der Waals surface area contributed by atoms with Crippen molar-refractivity contribution in [3.8, 4) is 0 Å². The molecule has 0 bridgehead atoms. The molecule has 0 atom stereocenters. The van der Waals surface area contributed by atoms with Crippen molar-refractivity contribution in [2.75, 3.05) is 46.6 Å². The highest BCUT2D eigenvalue weighted by Gasteiger charge is 2.64. The molecule has 0 heterocycles. The van der Waals surface area contributed by atoms with Crippen LogP contribution >= 0.6 is 15.2 Å². The molecule has 0 rings (SSSR count). The van der Waals surface area contributed by atoms with E-state index in [1.807, 2.05) is 7.05 Å². The molecule has 0 aromatic heterocycles. The van der Waals surface area contributed by atoms with Gasteiger partial charge in [-0.2, -0.15) is 0 Å². The summed E-state index contributed by atoms with van der Waals surface area (Å²) in [6.45, 7) is 12.8. The Labute approximate surface area is 317 Å². The summed E-state index contributed by atoms with van der Waals surface area (Å²) in [4.78, 5) is 2.11. The lowest BCUT2D eigenvalue weighted by molar-refractivity contribution is 0.0645. The van der Waals surface area contributed by atoms with Crippen LogP contribution in [0.4, 0.5) is 0 Å². The van der Waals surface area contributed by atoms with Gasteiger partial charge in [0.15, 0.2) is 0 Å². The largest absolute Gasteiger partial charge is 0.374 e. The first-order valence-corrected chi connectivity index (χ1v) is 25.0. The lowest BCUT2D eigenvalue weighted by Gasteiger charge is -2.39. The Morgan fingerprint density at radius 1 is 0.412 bits per heavy atom. The first-order chi connectivity index (χ1) is 24.7. The van der Waals surface area contributed by atoms with Gasteiger partial charge in [-0.05, 0) is 45.7 Å². The molecular weight excluding hydrogens is 680 g/mol. The van der Waals surface area contributed by atoms with Gasteiger partial charge in [0, 0.05) is 13.0 Å². The van der Waals surface area contributed by atoms with E-state index in [1.54, 1.807) is 0 Å². The van der Waals surface area contributed by atoms with E-state index in [-0.39, 0.29) is 32.8 Å². The van der Waals surface area contributed by atoms with E-state index in [1.165, 1.54) is 51.4 Å². The minimum atomic E-state index is -4.40. The molecular formula is C41H87NO7P2. The predicted molar refractivity (Wildman–Crippen MR) is 219 cm³/mol. The lowest BCUT2D eigenvalue weighted by atomic mass is 10.1. The molecule has 0 aliphatic carbocycles. The molecule has 0 aliphatic heterocycles. The Balaban J connectivity index is 6.35. The van der Waals surface area contributed by atoms with Gasteiger partial charge in [-0.3, -0.25) is 9.13 Å². The summed E-state index contributed by atoms with van der Waals surface area (Å²) in [5.41, 5.74) is 0. The maximum atomic E-state index is 15.2. The second-order valence-corrected chi connectivity index (χ2v) is 19.8. The van der Waals surface area contributed by atoms with Crippen molar-refractivity contribution in [3.05, 3.63) is 0 Å². The third-order valence-electron chi connectivity index (χ3n) is 9.89. The monoisotopic (exact) mass is 768 g/mol. The molecule has 0 saturated heterocycles. The van der Waals surface area contributed by atoms with E-state index in [4.69, 9.17) is 18.1 Å². The van der Waals surface area contributed by atoms with E-state index >= 15 is 9.13 Å². The third kappa shape index (κ3) is 24.4. The SMILES string of the molecule is CCCCCCCCOP(=O)(OCCCCCCCC)C(O)(CCN(C)CCCCC)P(=O)(OCCCCCCCC)OCCCCCCCC. The Bertz CT molecular complexity index is 749. The highest BCUT2D eigenvalue weighted by Crippen LogP contribution is 2.78. The molecule has 0 unspecified atom stereocenters. The summed E-state index contributed by atoms with van der Waals surface area (Å²) in [5, 5.41) is 10.4. The van der Waals surface area contributed by atoms with Gasteiger partial charge in [0.25, 0.3) is 5.08 Å². The van der Waals surface area contributed by atoms with Crippen LogP contribution in [0, 0.1) is 0 Å². The maximum absolute atomic E-state index is 15.2. The average Bonchev–Trinajstić information content (AvgIpc) is 3.12. The van der Waals surface area contributed by atoms with Gasteiger partial charge in [0.2, 0.25) is 0 Å². The molecule has 0 amide bonds. The molecule has 10 heteroatoms. The second kappa shape index (κ2) is 34.7. The number of hydrogen-bond acceptors (Lipinski definition) is 8. The van der Waals surface area contributed by atoms with Gasteiger partial charge in [-0.25, -0.2) is 0 Å². The van der Waals surface area contributed by atoms with Crippen LogP contribution in [-0.2, 0) is 27.2 Å². The first-order valence-electron chi connectivity index (χ1n) is 21.9. The van der Waals surface area contributed by atoms with Crippen molar-refractivity contribution in [2.45, 2.75) is 219 Å². The van der Waals surface area contributed by atoms with E-state index in [0.717, 1.165) is 103 Å². The van der Waals surface area contributed by atoms with Gasteiger partial charge >= 0.3 is 15.2 Å². The van der Waals surface area contributed by atoms with E-state index in [2.05, 4.69) is 39.5 Å². The second-order valence-electron chi connectivity index (χ2n) is 14.9. The van der Waals surface area contributed by atoms with Crippen LogP contribution in [0.25, 0.3) is 0 Å². The molecule has 1 N–H and O–H groups in total. The van der Waals surface area contributed by atoms with Crippen LogP contribution in [0.2, 0.25) is 0 Å². The summed E-state index contributed by atoms with van der Waals surface area (Å²) in [5.74, 6) is 0.